The van der Waals surface area contributed by atoms with Crippen LogP contribution in [0, 0.1) is 6.92 Å². The van der Waals surface area contributed by atoms with Crippen molar-refractivity contribution in [3.05, 3.63) is 11.8 Å². The SMILES string of the molecule is CC[C@H](CO)N1CCN(C(=O)Nc2cc(C)ns2)CC1. The lowest BCUT2D eigenvalue weighted by Crippen LogP contribution is -2.53. The molecule has 2 rings (SSSR count). The highest BCUT2D eigenvalue weighted by Gasteiger charge is 2.25. The summed E-state index contributed by atoms with van der Waals surface area (Å²) in [5.74, 6) is 0. The van der Waals surface area contributed by atoms with Crippen LogP contribution in [0.4, 0.5) is 9.80 Å². The van der Waals surface area contributed by atoms with Gasteiger partial charge in [-0.1, -0.05) is 6.92 Å². The van der Waals surface area contributed by atoms with Crippen molar-refractivity contribution in [2.45, 2.75) is 26.3 Å². The van der Waals surface area contributed by atoms with E-state index >= 15 is 0 Å². The van der Waals surface area contributed by atoms with Crippen LogP contribution in [0.25, 0.3) is 0 Å². The second-order valence-corrected chi connectivity index (χ2v) is 5.84. The van der Waals surface area contributed by atoms with Crippen LogP contribution in [0.2, 0.25) is 0 Å². The van der Waals surface area contributed by atoms with Crippen LogP contribution in [0.5, 0.6) is 0 Å². The Morgan fingerprint density at radius 3 is 2.70 bits per heavy atom. The first-order valence-corrected chi connectivity index (χ1v) is 7.75. The fourth-order valence-electron chi connectivity index (χ4n) is 2.40. The highest BCUT2D eigenvalue weighted by Crippen LogP contribution is 2.17. The predicted molar refractivity (Wildman–Crippen MR) is 80.2 cm³/mol. The minimum atomic E-state index is -0.0645. The van der Waals surface area contributed by atoms with E-state index in [9.17, 15) is 9.90 Å². The number of amides is 2. The predicted octanol–water partition coefficient (Wildman–Crippen LogP) is 1.37. The number of aromatic nitrogens is 1. The van der Waals surface area contributed by atoms with E-state index in [1.165, 1.54) is 11.5 Å². The van der Waals surface area contributed by atoms with Gasteiger partial charge in [0.2, 0.25) is 0 Å². The molecule has 1 fully saturated rings. The number of urea groups is 1. The van der Waals surface area contributed by atoms with Crippen molar-refractivity contribution >= 4 is 22.6 Å². The molecule has 2 amide bonds. The minimum absolute atomic E-state index is 0.0645. The number of anilines is 1. The largest absolute Gasteiger partial charge is 0.395 e. The van der Waals surface area contributed by atoms with Gasteiger partial charge in [-0.25, -0.2) is 4.79 Å². The lowest BCUT2D eigenvalue weighted by Gasteiger charge is -2.38. The first-order chi connectivity index (χ1) is 9.63. The molecule has 6 nitrogen and oxygen atoms in total. The van der Waals surface area contributed by atoms with E-state index in [4.69, 9.17) is 0 Å². The maximum atomic E-state index is 12.1. The van der Waals surface area contributed by atoms with Crippen LogP contribution in [0.15, 0.2) is 6.07 Å². The van der Waals surface area contributed by atoms with Crippen LogP contribution in [-0.4, -0.2) is 64.1 Å². The average Bonchev–Trinajstić information content (AvgIpc) is 2.86. The highest BCUT2D eigenvalue weighted by atomic mass is 32.1. The topological polar surface area (TPSA) is 68.7 Å². The summed E-state index contributed by atoms with van der Waals surface area (Å²) in [6, 6.07) is 2.02. The third-order valence-corrected chi connectivity index (χ3v) is 4.45. The van der Waals surface area contributed by atoms with E-state index in [1.54, 1.807) is 0 Å². The summed E-state index contributed by atoms with van der Waals surface area (Å²) in [6.45, 7) is 7.18. The smallest absolute Gasteiger partial charge is 0.322 e. The van der Waals surface area contributed by atoms with Crippen molar-refractivity contribution in [3.63, 3.8) is 0 Å². The van der Waals surface area contributed by atoms with Gasteiger partial charge in [-0.3, -0.25) is 10.2 Å². The molecule has 1 aliphatic heterocycles. The van der Waals surface area contributed by atoms with Gasteiger partial charge < -0.3 is 10.0 Å². The first kappa shape index (κ1) is 15.2. The van der Waals surface area contributed by atoms with E-state index in [1.807, 2.05) is 17.9 Å². The molecule has 1 aromatic rings. The van der Waals surface area contributed by atoms with Crippen LogP contribution in [0.1, 0.15) is 19.0 Å². The molecule has 1 aliphatic rings. The Kier molecular flexibility index (Phi) is 5.33. The molecule has 1 atom stereocenters. The molecule has 1 saturated heterocycles. The molecule has 20 heavy (non-hydrogen) atoms. The second kappa shape index (κ2) is 7.01. The summed E-state index contributed by atoms with van der Waals surface area (Å²) in [7, 11) is 0. The monoisotopic (exact) mass is 298 g/mol. The second-order valence-electron chi connectivity index (χ2n) is 5.03. The number of hydrogen-bond acceptors (Lipinski definition) is 5. The zero-order chi connectivity index (χ0) is 14.5. The lowest BCUT2D eigenvalue weighted by atomic mass is 10.2. The summed E-state index contributed by atoms with van der Waals surface area (Å²) in [4.78, 5) is 16.2. The molecule has 0 aliphatic carbocycles. The van der Waals surface area contributed by atoms with Crippen molar-refractivity contribution in [1.82, 2.24) is 14.2 Å². The molecule has 112 valence electrons. The molecule has 2 N–H and O–H groups in total. The van der Waals surface area contributed by atoms with Crippen molar-refractivity contribution in [2.75, 3.05) is 38.1 Å². The number of hydrogen-bond donors (Lipinski definition) is 2. The van der Waals surface area contributed by atoms with Gasteiger partial charge >= 0.3 is 6.03 Å². The summed E-state index contributed by atoms with van der Waals surface area (Å²) >= 11 is 1.30. The van der Waals surface area contributed by atoms with Crippen molar-refractivity contribution in [2.24, 2.45) is 0 Å². The number of aliphatic hydroxyl groups is 1. The molecule has 0 aromatic carbocycles. The van der Waals surface area contributed by atoms with E-state index < -0.39 is 0 Å². The van der Waals surface area contributed by atoms with Gasteiger partial charge in [0.25, 0.3) is 0 Å². The molecule has 0 spiro atoms. The number of aliphatic hydroxyl groups excluding tert-OH is 1. The number of carbonyl (C=O) groups is 1. The van der Waals surface area contributed by atoms with E-state index in [0.717, 1.165) is 30.2 Å². The Morgan fingerprint density at radius 1 is 1.50 bits per heavy atom. The third-order valence-electron chi connectivity index (χ3n) is 3.66. The van der Waals surface area contributed by atoms with Gasteiger partial charge in [0.1, 0.15) is 5.00 Å². The Hall–Kier alpha value is -1.18. The molecule has 1 aromatic heterocycles. The molecule has 0 bridgehead atoms. The average molecular weight is 298 g/mol. The molecule has 0 radical (unpaired) electrons. The van der Waals surface area contributed by atoms with Crippen molar-refractivity contribution in [1.29, 1.82) is 0 Å². The van der Waals surface area contributed by atoms with Crippen LogP contribution >= 0.6 is 11.5 Å². The molecule has 0 unspecified atom stereocenters. The zero-order valence-corrected chi connectivity index (χ0v) is 12.8. The first-order valence-electron chi connectivity index (χ1n) is 6.98. The zero-order valence-electron chi connectivity index (χ0n) is 12.0. The number of piperazine rings is 1. The summed E-state index contributed by atoms with van der Waals surface area (Å²) < 4.78 is 4.14. The normalized spacial score (nSPS) is 18.1. The number of rotatable bonds is 4. The maximum Gasteiger partial charge on any atom is 0.322 e. The summed E-state index contributed by atoms with van der Waals surface area (Å²) in [6.07, 6.45) is 0.933. The van der Waals surface area contributed by atoms with E-state index in [-0.39, 0.29) is 18.7 Å². The Labute approximate surface area is 123 Å². The van der Waals surface area contributed by atoms with Crippen molar-refractivity contribution < 1.29 is 9.90 Å². The molecular weight excluding hydrogens is 276 g/mol. The molecule has 7 heteroatoms. The fourth-order valence-corrected chi connectivity index (χ4v) is 3.05. The molecule has 2 heterocycles. The van der Waals surface area contributed by atoms with E-state index in [2.05, 4.69) is 21.5 Å². The standard InChI is InChI=1S/C13H22N4O2S/c1-3-11(9-18)16-4-6-17(7-5-16)13(19)14-12-8-10(2)15-20-12/h8,11,18H,3-7,9H2,1-2H3,(H,14,19)/t11-/m1/s1. The highest BCUT2D eigenvalue weighted by molar-refractivity contribution is 7.10. The van der Waals surface area contributed by atoms with Gasteiger partial charge in [-0.15, -0.1) is 0 Å². The Morgan fingerprint density at radius 2 is 2.20 bits per heavy atom. The van der Waals surface area contributed by atoms with Crippen LogP contribution < -0.4 is 5.32 Å². The number of carbonyl (C=O) groups excluding carboxylic acids is 1. The summed E-state index contributed by atoms with van der Waals surface area (Å²) in [5.41, 5.74) is 0.920. The van der Waals surface area contributed by atoms with E-state index in [0.29, 0.717) is 13.1 Å². The van der Waals surface area contributed by atoms with Gasteiger partial charge in [-0.05, 0) is 30.9 Å². The molecular formula is C13H22N4O2S. The fraction of sp³-hybridized carbons (Fsp3) is 0.692. The van der Waals surface area contributed by atoms with Gasteiger partial charge in [0.15, 0.2) is 0 Å². The quantitative estimate of drug-likeness (QED) is 0.881. The third kappa shape index (κ3) is 3.68. The minimum Gasteiger partial charge on any atom is -0.395 e. The summed E-state index contributed by atoms with van der Waals surface area (Å²) in [5, 5.41) is 13.0. The maximum absolute atomic E-state index is 12.1. The lowest BCUT2D eigenvalue weighted by molar-refractivity contribution is 0.0766. The van der Waals surface area contributed by atoms with Gasteiger partial charge in [-0.2, -0.15) is 4.37 Å². The Bertz CT molecular complexity index is 439. The number of nitrogens with one attached hydrogen (secondary N) is 1. The van der Waals surface area contributed by atoms with Gasteiger partial charge in [0, 0.05) is 32.2 Å². The number of nitrogens with zero attached hydrogens (tertiary/aromatic N) is 3. The number of aryl methyl sites for hydroxylation is 1. The van der Waals surface area contributed by atoms with Crippen LogP contribution in [0.3, 0.4) is 0 Å². The van der Waals surface area contributed by atoms with Gasteiger partial charge in [0.05, 0.1) is 12.3 Å². The molecule has 0 saturated carbocycles. The van der Waals surface area contributed by atoms with Crippen molar-refractivity contribution in [3.8, 4) is 0 Å². The Balaban J connectivity index is 1.82. The van der Waals surface area contributed by atoms with Crippen LogP contribution in [-0.2, 0) is 0 Å².